The molecule has 1 N–H and O–H groups in total. The normalized spacial score (nSPS) is 10.6. The number of para-hydroxylation sites is 2. The number of thioether (sulfide) groups is 1. The van der Waals surface area contributed by atoms with Gasteiger partial charge in [-0.1, -0.05) is 30.3 Å². The molecule has 0 bridgehead atoms. The molecule has 0 atom stereocenters. The average molecular weight is 284 g/mol. The van der Waals surface area contributed by atoms with Gasteiger partial charge in [0.1, 0.15) is 5.52 Å². The standard InChI is InChI=1S/C15H12N2O2S/c18-14(11-6-2-1-3-7-11)16-10-20-15-17-12-8-4-5-9-13(12)19-15/h1-9H,10H2,(H,16,18). The number of nitrogens with one attached hydrogen (secondary N) is 1. The number of aromatic nitrogens is 1. The smallest absolute Gasteiger partial charge is 0.258 e. The fourth-order valence-corrected chi connectivity index (χ4v) is 2.41. The number of rotatable bonds is 4. The molecule has 100 valence electrons. The first-order valence-corrected chi connectivity index (χ1v) is 7.13. The van der Waals surface area contributed by atoms with E-state index < -0.39 is 0 Å². The van der Waals surface area contributed by atoms with Crippen molar-refractivity contribution >= 4 is 28.8 Å². The molecular formula is C15H12N2O2S. The first-order chi connectivity index (χ1) is 9.83. The summed E-state index contributed by atoms with van der Waals surface area (Å²) in [5.74, 6) is 0.315. The molecule has 0 unspecified atom stereocenters. The summed E-state index contributed by atoms with van der Waals surface area (Å²) in [6.07, 6.45) is 0. The number of benzene rings is 2. The summed E-state index contributed by atoms with van der Waals surface area (Å²) in [4.78, 5) is 16.2. The lowest BCUT2D eigenvalue weighted by Crippen LogP contribution is -2.22. The molecule has 0 aliphatic rings. The molecule has 0 spiro atoms. The maximum absolute atomic E-state index is 11.8. The van der Waals surface area contributed by atoms with Crippen LogP contribution in [0.1, 0.15) is 10.4 Å². The molecule has 5 heteroatoms. The lowest BCUT2D eigenvalue weighted by atomic mass is 10.2. The average Bonchev–Trinajstić information content (AvgIpc) is 2.90. The number of amides is 1. The number of carbonyl (C=O) groups is 1. The van der Waals surface area contributed by atoms with E-state index in [0.29, 0.717) is 16.7 Å². The fourth-order valence-electron chi connectivity index (χ4n) is 1.77. The maximum Gasteiger partial charge on any atom is 0.258 e. The first-order valence-electron chi connectivity index (χ1n) is 6.14. The molecule has 20 heavy (non-hydrogen) atoms. The van der Waals surface area contributed by atoms with Crippen LogP contribution < -0.4 is 5.32 Å². The van der Waals surface area contributed by atoms with Crippen LogP contribution in [0.25, 0.3) is 11.1 Å². The van der Waals surface area contributed by atoms with E-state index in [4.69, 9.17) is 4.42 Å². The Bertz CT molecular complexity index is 692. The predicted octanol–water partition coefficient (Wildman–Crippen LogP) is 3.31. The molecule has 3 aromatic rings. The van der Waals surface area contributed by atoms with Crippen molar-refractivity contribution in [3.05, 3.63) is 60.2 Å². The van der Waals surface area contributed by atoms with Crippen molar-refractivity contribution < 1.29 is 9.21 Å². The third kappa shape index (κ3) is 2.83. The van der Waals surface area contributed by atoms with Crippen molar-refractivity contribution in [1.29, 1.82) is 0 Å². The summed E-state index contributed by atoms with van der Waals surface area (Å²) >= 11 is 1.36. The van der Waals surface area contributed by atoms with Crippen LogP contribution >= 0.6 is 11.8 Å². The molecule has 0 saturated carbocycles. The van der Waals surface area contributed by atoms with Crippen molar-refractivity contribution in [2.45, 2.75) is 5.22 Å². The highest BCUT2D eigenvalue weighted by Gasteiger charge is 2.07. The van der Waals surface area contributed by atoms with E-state index in [1.165, 1.54) is 11.8 Å². The molecule has 0 saturated heterocycles. The second kappa shape index (κ2) is 5.79. The topological polar surface area (TPSA) is 55.1 Å². The maximum atomic E-state index is 11.8. The van der Waals surface area contributed by atoms with E-state index in [0.717, 1.165) is 11.1 Å². The zero-order chi connectivity index (χ0) is 13.8. The fraction of sp³-hybridized carbons (Fsp3) is 0.0667. The minimum absolute atomic E-state index is 0.103. The van der Waals surface area contributed by atoms with Crippen LogP contribution in [0.2, 0.25) is 0 Å². The third-order valence-electron chi connectivity index (χ3n) is 2.74. The van der Waals surface area contributed by atoms with Gasteiger partial charge in [0.2, 0.25) is 0 Å². The van der Waals surface area contributed by atoms with Crippen LogP contribution in [0.3, 0.4) is 0 Å². The highest BCUT2D eigenvalue weighted by atomic mass is 32.2. The van der Waals surface area contributed by atoms with Gasteiger partial charge in [0.25, 0.3) is 11.1 Å². The van der Waals surface area contributed by atoms with E-state index in [9.17, 15) is 4.79 Å². The van der Waals surface area contributed by atoms with Gasteiger partial charge in [-0.3, -0.25) is 4.79 Å². The van der Waals surface area contributed by atoms with Gasteiger partial charge in [0.05, 0.1) is 5.88 Å². The number of hydrogen-bond acceptors (Lipinski definition) is 4. The monoisotopic (exact) mass is 284 g/mol. The van der Waals surface area contributed by atoms with Crippen molar-refractivity contribution in [3.63, 3.8) is 0 Å². The summed E-state index contributed by atoms with van der Waals surface area (Å²) in [5.41, 5.74) is 2.22. The Labute approximate surface area is 120 Å². The second-order valence-corrected chi connectivity index (χ2v) is 5.03. The lowest BCUT2D eigenvalue weighted by molar-refractivity contribution is 0.0961. The number of hydrogen-bond donors (Lipinski definition) is 1. The van der Waals surface area contributed by atoms with Gasteiger partial charge >= 0.3 is 0 Å². The minimum Gasteiger partial charge on any atom is -0.431 e. The summed E-state index contributed by atoms with van der Waals surface area (Å²) in [7, 11) is 0. The van der Waals surface area contributed by atoms with Crippen LogP contribution in [-0.4, -0.2) is 16.8 Å². The van der Waals surface area contributed by atoms with Crippen molar-refractivity contribution in [2.75, 3.05) is 5.88 Å². The molecule has 1 aromatic heterocycles. The van der Waals surface area contributed by atoms with Crippen LogP contribution in [0.5, 0.6) is 0 Å². The van der Waals surface area contributed by atoms with Gasteiger partial charge < -0.3 is 9.73 Å². The van der Waals surface area contributed by atoms with Crippen molar-refractivity contribution in [1.82, 2.24) is 10.3 Å². The molecule has 4 nitrogen and oxygen atoms in total. The minimum atomic E-state index is -0.103. The zero-order valence-corrected chi connectivity index (χ0v) is 11.4. The van der Waals surface area contributed by atoms with Crippen molar-refractivity contribution in [2.24, 2.45) is 0 Å². The summed E-state index contributed by atoms with van der Waals surface area (Å²) in [5, 5.41) is 3.37. The quantitative estimate of drug-likeness (QED) is 0.590. The van der Waals surface area contributed by atoms with Gasteiger partial charge in [-0.2, -0.15) is 0 Å². The van der Waals surface area contributed by atoms with Gasteiger partial charge in [-0.15, -0.1) is 0 Å². The highest BCUT2D eigenvalue weighted by molar-refractivity contribution is 7.99. The Balaban J connectivity index is 1.58. The van der Waals surface area contributed by atoms with Crippen molar-refractivity contribution in [3.8, 4) is 0 Å². The van der Waals surface area contributed by atoms with E-state index >= 15 is 0 Å². The molecule has 1 amide bonds. The number of fused-ring (bicyclic) bond motifs is 1. The molecule has 0 radical (unpaired) electrons. The Morgan fingerprint density at radius 1 is 1.10 bits per heavy atom. The van der Waals surface area contributed by atoms with Gasteiger partial charge in [-0.25, -0.2) is 4.98 Å². The first kappa shape index (κ1) is 12.7. The zero-order valence-electron chi connectivity index (χ0n) is 10.6. The van der Waals surface area contributed by atoms with Gasteiger partial charge in [0.15, 0.2) is 5.58 Å². The molecule has 1 heterocycles. The summed E-state index contributed by atoms with van der Waals surface area (Å²) in [6, 6.07) is 16.7. The van der Waals surface area contributed by atoms with E-state index in [1.807, 2.05) is 42.5 Å². The lowest BCUT2D eigenvalue weighted by Gasteiger charge is -2.02. The molecule has 0 fully saturated rings. The Hall–Kier alpha value is -2.27. The van der Waals surface area contributed by atoms with Crippen LogP contribution in [0.4, 0.5) is 0 Å². The van der Waals surface area contributed by atoms with E-state index in [2.05, 4.69) is 10.3 Å². The van der Waals surface area contributed by atoms with Crippen LogP contribution in [-0.2, 0) is 0 Å². The molecule has 2 aromatic carbocycles. The van der Waals surface area contributed by atoms with E-state index in [1.54, 1.807) is 12.1 Å². The molecule has 3 rings (SSSR count). The van der Waals surface area contributed by atoms with Gasteiger partial charge in [0, 0.05) is 5.56 Å². The summed E-state index contributed by atoms with van der Waals surface area (Å²) in [6.45, 7) is 0. The Kier molecular flexibility index (Phi) is 3.69. The highest BCUT2D eigenvalue weighted by Crippen LogP contribution is 2.22. The molecular weight excluding hydrogens is 272 g/mol. The summed E-state index contributed by atoms with van der Waals surface area (Å²) < 4.78 is 5.56. The Morgan fingerprint density at radius 2 is 1.85 bits per heavy atom. The number of carbonyl (C=O) groups excluding carboxylic acids is 1. The predicted molar refractivity (Wildman–Crippen MR) is 78.6 cm³/mol. The SMILES string of the molecule is O=C(NCSc1nc2ccccc2o1)c1ccccc1. The Morgan fingerprint density at radius 3 is 2.65 bits per heavy atom. The van der Waals surface area contributed by atoms with Gasteiger partial charge in [-0.05, 0) is 36.0 Å². The number of oxazole rings is 1. The number of nitrogens with zero attached hydrogens (tertiary/aromatic N) is 1. The third-order valence-corrected chi connectivity index (χ3v) is 3.45. The van der Waals surface area contributed by atoms with Crippen LogP contribution in [0.15, 0.2) is 64.2 Å². The van der Waals surface area contributed by atoms with Crippen LogP contribution in [0, 0.1) is 0 Å². The molecule has 0 aliphatic heterocycles. The van der Waals surface area contributed by atoms with E-state index in [-0.39, 0.29) is 5.91 Å². The second-order valence-electron chi connectivity index (χ2n) is 4.11. The molecule has 0 aliphatic carbocycles. The largest absolute Gasteiger partial charge is 0.431 e.